The summed E-state index contributed by atoms with van der Waals surface area (Å²) >= 11 is 0. The molecule has 3 rings (SSSR count). The second-order valence-corrected chi connectivity index (χ2v) is 7.14. The number of hydrogen-bond donors (Lipinski definition) is 1. The predicted octanol–water partition coefficient (Wildman–Crippen LogP) is 5.33. The van der Waals surface area contributed by atoms with Crippen molar-refractivity contribution in [3.63, 3.8) is 0 Å². The number of carbonyl (C=O) groups is 1. The van der Waals surface area contributed by atoms with Crippen molar-refractivity contribution in [1.29, 1.82) is 0 Å². The Kier molecular flexibility index (Phi) is 10.1. The van der Waals surface area contributed by atoms with Gasteiger partial charge in [0, 0.05) is 6.54 Å². The molecule has 162 valence electrons. The van der Waals surface area contributed by atoms with Crippen molar-refractivity contribution in [2.24, 2.45) is 0 Å². The van der Waals surface area contributed by atoms with Crippen LogP contribution in [0, 0.1) is 13.8 Å². The van der Waals surface area contributed by atoms with Crippen LogP contribution >= 0.6 is 0 Å². The Morgan fingerprint density at radius 1 is 1.13 bits per heavy atom. The van der Waals surface area contributed by atoms with Gasteiger partial charge in [0.05, 0.1) is 6.61 Å². The molecule has 2 aromatic carbocycles. The van der Waals surface area contributed by atoms with E-state index in [0.717, 1.165) is 29.0 Å². The molecule has 0 aromatic heterocycles. The molecule has 0 spiro atoms. The molecule has 4 heteroatoms. The molecule has 31 heavy (non-hydrogen) atoms. The average Bonchev–Trinajstić information content (AvgIpc) is 3.60. The second kappa shape index (κ2) is 13.0. The largest absolute Gasteiger partial charge is 0.490 e. The van der Waals surface area contributed by atoms with E-state index in [2.05, 4.69) is 36.7 Å². The third-order valence-electron chi connectivity index (χ3n) is 4.43. The fourth-order valence-corrected chi connectivity index (χ4v) is 2.85. The smallest absolute Gasteiger partial charge is 0.243 e. The third-order valence-corrected chi connectivity index (χ3v) is 4.43. The Balaban J connectivity index is 0.000000245. The summed E-state index contributed by atoms with van der Waals surface area (Å²) in [6, 6.07) is 14.3. The Morgan fingerprint density at radius 3 is 2.39 bits per heavy atom. The van der Waals surface area contributed by atoms with E-state index >= 15 is 0 Å². The molecule has 0 aliphatic carbocycles. The molecule has 2 aromatic rings. The first-order valence-corrected chi connectivity index (χ1v) is 10.3. The minimum atomic E-state index is -0.165. The standard InChI is InChI=1S/C15H19NO3.C12H12/c1-4-14(17)16-7-12-5-10(2)15(11(3)6-12)19-9-13-8-18-13;1-2-3-4-6-9-12-10-7-5-8-11-12/h4-6,13H,1,7-9H2,2-3H3,(H,16,17);2-11H,1H2. The van der Waals surface area contributed by atoms with Crippen molar-refractivity contribution in [2.45, 2.75) is 26.5 Å². The summed E-state index contributed by atoms with van der Waals surface area (Å²) in [7, 11) is 0. The molecule has 0 radical (unpaired) electrons. The second-order valence-electron chi connectivity index (χ2n) is 7.14. The molecule has 0 bridgehead atoms. The summed E-state index contributed by atoms with van der Waals surface area (Å²) in [5, 5.41) is 2.76. The highest BCUT2D eigenvalue weighted by atomic mass is 16.6. The zero-order chi connectivity index (χ0) is 22.5. The number of ether oxygens (including phenoxy) is 2. The van der Waals surface area contributed by atoms with Crippen LogP contribution in [0.4, 0.5) is 0 Å². The molecule has 1 fully saturated rings. The lowest BCUT2D eigenvalue weighted by molar-refractivity contribution is -0.116. The topological polar surface area (TPSA) is 50.9 Å². The molecule has 0 saturated carbocycles. The fourth-order valence-electron chi connectivity index (χ4n) is 2.85. The van der Waals surface area contributed by atoms with Crippen LogP contribution in [-0.2, 0) is 16.1 Å². The van der Waals surface area contributed by atoms with Crippen LogP contribution in [0.2, 0.25) is 0 Å². The number of hydrogen-bond acceptors (Lipinski definition) is 3. The molecule has 1 saturated heterocycles. The van der Waals surface area contributed by atoms with Crippen molar-refractivity contribution in [1.82, 2.24) is 5.32 Å². The van der Waals surface area contributed by atoms with Crippen molar-refractivity contribution in [3.8, 4) is 5.75 Å². The number of allylic oxidation sites excluding steroid dienone is 4. The van der Waals surface area contributed by atoms with Gasteiger partial charge in [-0.2, -0.15) is 0 Å². The van der Waals surface area contributed by atoms with E-state index in [9.17, 15) is 4.79 Å². The maximum atomic E-state index is 11.1. The van der Waals surface area contributed by atoms with E-state index in [0.29, 0.717) is 13.2 Å². The van der Waals surface area contributed by atoms with Crippen molar-refractivity contribution in [3.05, 3.63) is 108 Å². The van der Waals surface area contributed by atoms with Crippen LogP contribution in [0.3, 0.4) is 0 Å². The number of rotatable bonds is 9. The van der Waals surface area contributed by atoms with Gasteiger partial charge in [-0.1, -0.05) is 86.0 Å². The van der Waals surface area contributed by atoms with Gasteiger partial charge in [-0.15, -0.1) is 0 Å². The van der Waals surface area contributed by atoms with Crippen LogP contribution in [-0.4, -0.2) is 25.2 Å². The normalized spacial score (nSPS) is 14.6. The fraction of sp³-hybridized carbons (Fsp3) is 0.222. The monoisotopic (exact) mass is 417 g/mol. The highest BCUT2D eigenvalue weighted by Crippen LogP contribution is 2.26. The summed E-state index contributed by atoms with van der Waals surface area (Å²) < 4.78 is 10.9. The maximum Gasteiger partial charge on any atom is 0.243 e. The van der Waals surface area contributed by atoms with Gasteiger partial charge in [-0.25, -0.2) is 0 Å². The van der Waals surface area contributed by atoms with Gasteiger partial charge >= 0.3 is 0 Å². The lowest BCUT2D eigenvalue weighted by Gasteiger charge is -2.13. The zero-order valence-electron chi connectivity index (χ0n) is 18.3. The first kappa shape index (κ1) is 23.9. The minimum Gasteiger partial charge on any atom is -0.490 e. The molecule has 1 unspecified atom stereocenters. The summed E-state index contributed by atoms with van der Waals surface area (Å²) in [5.74, 6) is 0.746. The molecule has 1 heterocycles. The number of nitrogens with one attached hydrogen (secondary N) is 1. The van der Waals surface area contributed by atoms with Crippen molar-refractivity contribution in [2.75, 3.05) is 13.2 Å². The lowest BCUT2D eigenvalue weighted by atomic mass is 10.1. The van der Waals surface area contributed by atoms with E-state index in [1.807, 2.05) is 62.4 Å². The summed E-state index contributed by atoms with van der Waals surface area (Å²) in [5.41, 5.74) is 4.42. The number of benzene rings is 2. The van der Waals surface area contributed by atoms with Crippen LogP contribution in [0.25, 0.3) is 6.08 Å². The molecular weight excluding hydrogens is 386 g/mol. The van der Waals surface area contributed by atoms with Gasteiger partial charge in [0.25, 0.3) is 0 Å². The van der Waals surface area contributed by atoms with Crippen LogP contribution in [0.15, 0.2) is 86.0 Å². The van der Waals surface area contributed by atoms with Crippen LogP contribution in [0.5, 0.6) is 5.75 Å². The van der Waals surface area contributed by atoms with Gasteiger partial charge in [0.2, 0.25) is 5.91 Å². The predicted molar refractivity (Wildman–Crippen MR) is 128 cm³/mol. The summed E-state index contributed by atoms with van der Waals surface area (Å²) in [6.07, 6.45) is 11.2. The average molecular weight is 418 g/mol. The Hall–Kier alpha value is -3.37. The van der Waals surface area contributed by atoms with E-state index in [-0.39, 0.29) is 12.0 Å². The molecular formula is C27H31NO3. The summed E-state index contributed by atoms with van der Waals surface area (Å²) in [6.45, 7) is 12.9. The van der Waals surface area contributed by atoms with Gasteiger partial charge in [-0.05, 0) is 42.2 Å². The van der Waals surface area contributed by atoms with Crippen molar-refractivity contribution < 1.29 is 14.3 Å². The zero-order valence-corrected chi connectivity index (χ0v) is 18.3. The number of aryl methyl sites for hydroxylation is 2. The SMILES string of the molecule is C=CC(=O)NCc1cc(C)c(OCC2CO2)c(C)c1.C=CC=CC=Cc1ccccc1. The van der Waals surface area contributed by atoms with Crippen LogP contribution < -0.4 is 10.1 Å². The third kappa shape index (κ3) is 9.32. The molecule has 4 nitrogen and oxygen atoms in total. The van der Waals surface area contributed by atoms with E-state index < -0.39 is 0 Å². The molecule has 1 aliphatic rings. The quantitative estimate of drug-likeness (QED) is 0.341. The molecule has 1 aliphatic heterocycles. The first-order valence-electron chi connectivity index (χ1n) is 10.3. The highest BCUT2D eigenvalue weighted by Gasteiger charge is 2.23. The van der Waals surface area contributed by atoms with Crippen LogP contribution in [0.1, 0.15) is 22.3 Å². The maximum absolute atomic E-state index is 11.1. The summed E-state index contributed by atoms with van der Waals surface area (Å²) in [4.78, 5) is 11.1. The highest BCUT2D eigenvalue weighted by molar-refractivity contribution is 5.86. The van der Waals surface area contributed by atoms with Gasteiger partial charge < -0.3 is 14.8 Å². The minimum absolute atomic E-state index is 0.165. The first-order chi connectivity index (χ1) is 15.0. The molecule has 1 amide bonds. The lowest BCUT2D eigenvalue weighted by Crippen LogP contribution is -2.20. The molecule has 1 N–H and O–H groups in total. The van der Waals surface area contributed by atoms with Gasteiger partial charge in [0.1, 0.15) is 18.5 Å². The molecule has 1 atom stereocenters. The Morgan fingerprint density at radius 2 is 1.81 bits per heavy atom. The Labute approximate surface area is 185 Å². The van der Waals surface area contributed by atoms with E-state index in [1.54, 1.807) is 6.08 Å². The number of amides is 1. The Bertz CT molecular complexity index is 902. The van der Waals surface area contributed by atoms with E-state index in [4.69, 9.17) is 9.47 Å². The van der Waals surface area contributed by atoms with Gasteiger partial charge in [-0.3, -0.25) is 4.79 Å². The number of epoxide rings is 1. The number of carbonyl (C=O) groups excluding carboxylic acids is 1. The van der Waals surface area contributed by atoms with Gasteiger partial charge in [0.15, 0.2) is 0 Å². The van der Waals surface area contributed by atoms with E-state index in [1.165, 1.54) is 11.6 Å². The van der Waals surface area contributed by atoms with Crippen molar-refractivity contribution >= 4 is 12.0 Å².